The van der Waals surface area contributed by atoms with Crippen molar-refractivity contribution in [2.75, 3.05) is 12.0 Å². The minimum absolute atomic E-state index is 0.0989. The molecule has 172 valence electrons. The first-order chi connectivity index (χ1) is 16.5. The van der Waals surface area contributed by atoms with Crippen molar-refractivity contribution < 1.29 is 4.74 Å². The molecular formula is C27H25ClN4OS. The van der Waals surface area contributed by atoms with Gasteiger partial charge < -0.3 is 19.5 Å². The van der Waals surface area contributed by atoms with E-state index in [1.807, 2.05) is 72.9 Å². The lowest BCUT2D eigenvalue weighted by molar-refractivity contribution is 0.415. The molecular weight excluding hydrogens is 464 g/mol. The molecule has 3 heterocycles. The summed E-state index contributed by atoms with van der Waals surface area (Å²) in [5.74, 6) is 0.802. The standard InChI is InChI=1S/C27H25ClN4OS/c1-17-16-21(18(2)31(17)24-10-5-4-8-22(24)28)26-25(23-9-6-7-15-29-23)30-27(34)32(26)19-11-13-20(33-3)14-12-19/h4-16,25-26H,1-3H3,(H,30,34)/t25-,26-/m1/s1. The Hall–Kier alpha value is -3.35. The Morgan fingerprint density at radius 3 is 2.41 bits per heavy atom. The molecule has 5 rings (SSSR count). The van der Waals surface area contributed by atoms with Gasteiger partial charge in [0.1, 0.15) is 5.75 Å². The van der Waals surface area contributed by atoms with Crippen LogP contribution in [0, 0.1) is 13.8 Å². The minimum atomic E-state index is -0.115. The van der Waals surface area contributed by atoms with Gasteiger partial charge >= 0.3 is 0 Å². The van der Waals surface area contributed by atoms with Crippen molar-refractivity contribution in [3.05, 3.63) is 107 Å². The maximum absolute atomic E-state index is 6.59. The number of thiocarbonyl (C=S) groups is 1. The van der Waals surface area contributed by atoms with Crippen molar-refractivity contribution in [3.63, 3.8) is 0 Å². The summed E-state index contributed by atoms with van der Waals surface area (Å²) >= 11 is 12.4. The van der Waals surface area contributed by atoms with Gasteiger partial charge in [0, 0.05) is 23.3 Å². The Kier molecular flexibility index (Phi) is 6.02. The summed E-state index contributed by atoms with van der Waals surface area (Å²) in [4.78, 5) is 6.83. The zero-order chi connectivity index (χ0) is 23.8. The molecule has 2 aromatic carbocycles. The smallest absolute Gasteiger partial charge is 0.174 e. The molecule has 1 fully saturated rings. The maximum atomic E-state index is 6.59. The minimum Gasteiger partial charge on any atom is -0.497 e. The number of aryl methyl sites for hydroxylation is 1. The highest BCUT2D eigenvalue weighted by molar-refractivity contribution is 7.80. The SMILES string of the molecule is COc1ccc(N2C(=S)N[C@H](c3ccccn3)[C@H]2c2cc(C)n(-c3ccccc3Cl)c2C)cc1. The third kappa shape index (κ3) is 3.83. The molecule has 1 aliphatic rings. The van der Waals surface area contributed by atoms with E-state index in [-0.39, 0.29) is 12.1 Å². The molecule has 0 unspecified atom stereocenters. The highest BCUT2D eigenvalue weighted by Gasteiger charge is 2.42. The zero-order valence-electron chi connectivity index (χ0n) is 19.2. The van der Waals surface area contributed by atoms with Crippen LogP contribution in [0.1, 0.15) is 34.7 Å². The Morgan fingerprint density at radius 2 is 1.74 bits per heavy atom. The monoisotopic (exact) mass is 488 g/mol. The van der Waals surface area contributed by atoms with Crippen LogP contribution < -0.4 is 15.0 Å². The van der Waals surface area contributed by atoms with E-state index in [2.05, 4.69) is 39.7 Å². The van der Waals surface area contributed by atoms with Crippen LogP contribution in [0.2, 0.25) is 5.02 Å². The number of anilines is 1. The molecule has 2 atom stereocenters. The van der Waals surface area contributed by atoms with Gasteiger partial charge in [0.2, 0.25) is 0 Å². The van der Waals surface area contributed by atoms with Crippen LogP contribution in [-0.4, -0.2) is 21.8 Å². The number of rotatable bonds is 5. The second-order valence-electron chi connectivity index (χ2n) is 8.31. The molecule has 0 aliphatic carbocycles. The number of methoxy groups -OCH3 is 1. The number of aromatic nitrogens is 2. The van der Waals surface area contributed by atoms with Crippen molar-refractivity contribution in [2.24, 2.45) is 0 Å². The van der Waals surface area contributed by atoms with Crippen molar-refractivity contribution >= 4 is 34.6 Å². The van der Waals surface area contributed by atoms with E-state index in [0.29, 0.717) is 10.1 Å². The quantitative estimate of drug-likeness (QED) is 0.332. The summed E-state index contributed by atoms with van der Waals surface area (Å²) in [5.41, 5.74) is 6.27. The van der Waals surface area contributed by atoms with E-state index >= 15 is 0 Å². The number of nitrogens with zero attached hydrogens (tertiary/aromatic N) is 3. The molecule has 5 nitrogen and oxygen atoms in total. The number of benzene rings is 2. The van der Waals surface area contributed by atoms with E-state index in [4.69, 9.17) is 28.6 Å². The molecule has 1 saturated heterocycles. The molecule has 0 spiro atoms. The predicted octanol–water partition coefficient (Wildman–Crippen LogP) is 6.33. The molecule has 4 aromatic rings. The topological polar surface area (TPSA) is 42.3 Å². The third-order valence-electron chi connectivity index (χ3n) is 6.33. The van der Waals surface area contributed by atoms with Crippen LogP contribution in [0.15, 0.2) is 79.0 Å². The second kappa shape index (κ2) is 9.12. The molecule has 1 N–H and O–H groups in total. The normalized spacial score (nSPS) is 17.6. The van der Waals surface area contributed by atoms with Crippen molar-refractivity contribution in [1.29, 1.82) is 0 Å². The summed E-state index contributed by atoms with van der Waals surface area (Å²) in [7, 11) is 1.67. The summed E-state index contributed by atoms with van der Waals surface area (Å²) in [6, 6.07) is 23.9. The van der Waals surface area contributed by atoms with Gasteiger partial charge in [-0.05, 0) is 86.2 Å². The summed E-state index contributed by atoms with van der Waals surface area (Å²) in [6.07, 6.45) is 1.82. The van der Waals surface area contributed by atoms with Gasteiger partial charge in [0.15, 0.2) is 5.11 Å². The number of pyridine rings is 1. The second-order valence-corrected chi connectivity index (χ2v) is 9.10. The van der Waals surface area contributed by atoms with Gasteiger partial charge in [0.25, 0.3) is 0 Å². The molecule has 0 saturated carbocycles. The molecule has 1 aliphatic heterocycles. The van der Waals surface area contributed by atoms with E-state index in [0.717, 1.165) is 39.8 Å². The fourth-order valence-electron chi connectivity index (χ4n) is 4.78. The fraction of sp³-hybridized carbons (Fsp3) is 0.185. The molecule has 0 amide bonds. The lowest BCUT2D eigenvalue weighted by atomic mass is 9.96. The summed E-state index contributed by atoms with van der Waals surface area (Å²) in [6.45, 7) is 4.24. The molecule has 2 aromatic heterocycles. The largest absolute Gasteiger partial charge is 0.497 e. The fourth-order valence-corrected chi connectivity index (χ4v) is 5.35. The Bertz CT molecular complexity index is 1340. The van der Waals surface area contributed by atoms with Gasteiger partial charge in [-0.25, -0.2) is 0 Å². The van der Waals surface area contributed by atoms with Crippen molar-refractivity contribution in [3.8, 4) is 11.4 Å². The Labute approximate surface area is 210 Å². The van der Waals surface area contributed by atoms with E-state index in [1.165, 1.54) is 0 Å². The Balaban J connectivity index is 1.68. The van der Waals surface area contributed by atoms with E-state index in [9.17, 15) is 0 Å². The molecule has 0 bridgehead atoms. The first-order valence-corrected chi connectivity index (χ1v) is 11.9. The van der Waals surface area contributed by atoms with E-state index < -0.39 is 0 Å². The number of nitrogens with one attached hydrogen (secondary N) is 1. The third-order valence-corrected chi connectivity index (χ3v) is 6.97. The number of hydrogen-bond acceptors (Lipinski definition) is 3. The highest BCUT2D eigenvalue weighted by Crippen LogP contribution is 2.44. The molecule has 7 heteroatoms. The first-order valence-electron chi connectivity index (χ1n) is 11.1. The molecule has 0 radical (unpaired) electrons. The number of hydrogen-bond donors (Lipinski definition) is 1. The summed E-state index contributed by atoms with van der Waals surface area (Å²) < 4.78 is 7.58. The molecule has 34 heavy (non-hydrogen) atoms. The predicted molar refractivity (Wildman–Crippen MR) is 141 cm³/mol. The maximum Gasteiger partial charge on any atom is 0.174 e. The van der Waals surface area contributed by atoms with Crippen LogP contribution >= 0.6 is 23.8 Å². The lowest BCUT2D eigenvalue weighted by Gasteiger charge is -2.28. The van der Waals surface area contributed by atoms with Gasteiger partial charge in [-0.2, -0.15) is 0 Å². The van der Waals surface area contributed by atoms with Crippen molar-refractivity contribution in [2.45, 2.75) is 25.9 Å². The van der Waals surface area contributed by atoms with Crippen LogP contribution in [0.3, 0.4) is 0 Å². The average Bonchev–Trinajstić information content (AvgIpc) is 3.35. The average molecular weight is 489 g/mol. The Morgan fingerprint density at radius 1 is 1.00 bits per heavy atom. The number of ether oxygens (including phenoxy) is 1. The highest BCUT2D eigenvalue weighted by atomic mass is 35.5. The van der Waals surface area contributed by atoms with Crippen LogP contribution in [0.5, 0.6) is 5.75 Å². The van der Waals surface area contributed by atoms with Gasteiger partial charge in [0.05, 0.1) is 35.6 Å². The summed E-state index contributed by atoms with van der Waals surface area (Å²) in [5, 5.41) is 4.90. The van der Waals surface area contributed by atoms with Crippen LogP contribution in [0.25, 0.3) is 5.69 Å². The number of halogens is 1. The van der Waals surface area contributed by atoms with Crippen LogP contribution in [0.4, 0.5) is 5.69 Å². The first kappa shape index (κ1) is 22.4. The van der Waals surface area contributed by atoms with Crippen LogP contribution in [-0.2, 0) is 0 Å². The van der Waals surface area contributed by atoms with Gasteiger partial charge in [-0.3, -0.25) is 4.98 Å². The van der Waals surface area contributed by atoms with Gasteiger partial charge in [-0.1, -0.05) is 29.8 Å². The lowest BCUT2D eigenvalue weighted by Crippen LogP contribution is -2.29. The van der Waals surface area contributed by atoms with Gasteiger partial charge in [-0.15, -0.1) is 0 Å². The van der Waals surface area contributed by atoms with E-state index in [1.54, 1.807) is 7.11 Å². The van der Waals surface area contributed by atoms with Crippen molar-refractivity contribution in [1.82, 2.24) is 14.9 Å². The number of para-hydroxylation sites is 1. The zero-order valence-corrected chi connectivity index (χ0v) is 20.8.